The number of carbonyl (C=O) groups excluding carboxylic acids is 1. The van der Waals surface area contributed by atoms with Gasteiger partial charge in [-0.2, -0.15) is 0 Å². The predicted octanol–water partition coefficient (Wildman–Crippen LogP) is 3.23. The quantitative estimate of drug-likeness (QED) is 0.403. The van der Waals surface area contributed by atoms with E-state index in [9.17, 15) is 15.0 Å². The molecular formula is C19H33NO3. The number of primary amides is 1. The van der Waals surface area contributed by atoms with Gasteiger partial charge < -0.3 is 15.9 Å². The Bertz CT molecular complexity index is 373. The fraction of sp³-hybridized carbons (Fsp3) is 0.737. The third-order valence-electron chi connectivity index (χ3n) is 4.44. The molecule has 1 fully saturated rings. The highest BCUT2D eigenvalue weighted by molar-refractivity contribution is 5.73. The molecule has 4 heteroatoms. The van der Waals surface area contributed by atoms with E-state index in [0.29, 0.717) is 25.2 Å². The zero-order chi connectivity index (χ0) is 16.9. The van der Waals surface area contributed by atoms with Gasteiger partial charge in [-0.05, 0) is 38.0 Å². The molecule has 1 saturated carbocycles. The minimum Gasteiger partial charge on any atom is -0.389 e. The van der Waals surface area contributed by atoms with Gasteiger partial charge in [0.25, 0.3) is 0 Å². The zero-order valence-corrected chi connectivity index (χ0v) is 14.2. The summed E-state index contributed by atoms with van der Waals surface area (Å²) in [7, 11) is 0. The van der Waals surface area contributed by atoms with Crippen LogP contribution in [-0.4, -0.2) is 28.3 Å². The summed E-state index contributed by atoms with van der Waals surface area (Å²) < 4.78 is 0. The second-order valence-electron chi connectivity index (χ2n) is 6.67. The number of allylic oxidation sites excluding steroid dienone is 2. The molecular weight excluding hydrogens is 290 g/mol. The van der Waals surface area contributed by atoms with Gasteiger partial charge in [0.15, 0.2) is 0 Å². The average molecular weight is 323 g/mol. The van der Waals surface area contributed by atoms with Crippen LogP contribution >= 0.6 is 0 Å². The number of hydrogen-bond donors (Lipinski definition) is 3. The Hall–Kier alpha value is -1.13. The maximum Gasteiger partial charge on any atom is 0.217 e. The second kappa shape index (κ2) is 12.3. The van der Waals surface area contributed by atoms with E-state index in [1.807, 2.05) is 18.2 Å². The van der Waals surface area contributed by atoms with Crippen LogP contribution in [0.5, 0.6) is 0 Å². The Kier molecular flexibility index (Phi) is 10.7. The molecule has 0 aliphatic heterocycles. The second-order valence-corrected chi connectivity index (χ2v) is 6.67. The highest BCUT2D eigenvalue weighted by Gasteiger charge is 2.15. The normalized spacial score (nSPS) is 19.4. The lowest BCUT2D eigenvalue weighted by Gasteiger charge is -2.22. The molecule has 0 radical (unpaired) electrons. The van der Waals surface area contributed by atoms with Gasteiger partial charge in [0.2, 0.25) is 5.91 Å². The molecule has 132 valence electrons. The molecule has 2 unspecified atom stereocenters. The van der Waals surface area contributed by atoms with Crippen molar-refractivity contribution in [2.75, 3.05) is 0 Å². The van der Waals surface area contributed by atoms with Crippen molar-refractivity contribution in [2.24, 2.45) is 11.7 Å². The molecule has 0 aromatic rings. The van der Waals surface area contributed by atoms with E-state index in [4.69, 9.17) is 5.73 Å². The molecule has 1 amide bonds. The van der Waals surface area contributed by atoms with Crippen molar-refractivity contribution >= 4 is 5.91 Å². The van der Waals surface area contributed by atoms with E-state index in [2.05, 4.69) is 0 Å². The molecule has 0 aromatic carbocycles. The van der Waals surface area contributed by atoms with Gasteiger partial charge >= 0.3 is 0 Å². The van der Waals surface area contributed by atoms with E-state index in [1.54, 1.807) is 6.08 Å². The van der Waals surface area contributed by atoms with Crippen molar-refractivity contribution < 1.29 is 15.0 Å². The fourth-order valence-corrected chi connectivity index (χ4v) is 3.12. The number of rotatable bonds is 11. The van der Waals surface area contributed by atoms with Gasteiger partial charge in [-0.25, -0.2) is 0 Å². The molecule has 0 bridgehead atoms. The van der Waals surface area contributed by atoms with Crippen LogP contribution in [0.2, 0.25) is 0 Å². The third-order valence-corrected chi connectivity index (χ3v) is 4.44. The van der Waals surface area contributed by atoms with Crippen molar-refractivity contribution in [3.8, 4) is 0 Å². The van der Waals surface area contributed by atoms with Crippen LogP contribution in [0.4, 0.5) is 0 Å². The van der Waals surface area contributed by atoms with Crippen LogP contribution in [0, 0.1) is 5.92 Å². The first-order chi connectivity index (χ1) is 11.1. The van der Waals surface area contributed by atoms with E-state index in [0.717, 1.165) is 19.3 Å². The van der Waals surface area contributed by atoms with E-state index < -0.39 is 6.10 Å². The molecule has 2 atom stereocenters. The lowest BCUT2D eigenvalue weighted by molar-refractivity contribution is -0.118. The zero-order valence-electron chi connectivity index (χ0n) is 14.2. The Morgan fingerprint density at radius 1 is 1.04 bits per heavy atom. The Labute approximate surface area is 140 Å². The van der Waals surface area contributed by atoms with E-state index in [1.165, 1.54) is 32.1 Å². The molecule has 23 heavy (non-hydrogen) atoms. The summed E-state index contributed by atoms with van der Waals surface area (Å²) in [6.45, 7) is 0. The van der Waals surface area contributed by atoms with Crippen molar-refractivity contribution in [3.05, 3.63) is 24.3 Å². The molecule has 0 aromatic heterocycles. The molecule has 1 aliphatic carbocycles. The van der Waals surface area contributed by atoms with Crippen LogP contribution < -0.4 is 5.73 Å². The highest BCUT2D eigenvalue weighted by Crippen LogP contribution is 2.27. The van der Waals surface area contributed by atoms with Crippen LogP contribution in [0.15, 0.2) is 24.3 Å². The summed E-state index contributed by atoms with van der Waals surface area (Å²) in [6, 6.07) is 0. The largest absolute Gasteiger partial charge is 0.389 e. The molecule has 4 nitrogen and oxygen atoms in total. The molecule has 1 rings (SSSR count). The number of hydrogen-bond acceptors (Lipinski definition) is 3. The monoisotopic (exact) mass is 323 g/mol. The highest BCUT2D eigenvalue weighted by atomic mass is 16.3. The van der Waals surface area contributed by atoms with Crippen molar-refractivity contribution in [3.63, 3.8) is 0 Å². The smallest absolute Gasteiger partial charge is 0.217 e. The summed E-state index contributed by atoms with van der Waals surface area (Å²) in [5.74, 6) is 0.372. The average Bonchev–Trinajstić information content (AvgIpc) is 2.51. The molecule has 1 aliphatic rings. The number of aliphatic hydroxyl groups excluding tert-OH is 2. The van der Waals surface area contributed by atoms with Gasteiger partial charge in [0.05, 0.1) is 12.2 Å². The van der Waals surface area contributed by atoms with Crippen LogP contribution in [0.25, 0.3) is 0 Å². The van der Waals surface area contributed by atoms with Gasteiger partial charge in [-0.3, -0.25) is 4.79 Å². The minimum absolute atomic E-state index is 0.318. The number of aliphatic hydroxyl groups is 2. The van der Waals surface area contributed by atoms with Gasteiger partial charge in [0.1, 0.15) is 0 Å². The predicted molar refractivity (Wildman–Crippen MR) is 93.8 cm³/mol. The Morgan fingerprint density at radius 2 is 1.65 bits per heavy atom. The molecule has 4 N–H and O–H groups in total. The van der Waals surface area contributed by atoms with Crippen molar-refractivity contribution in [1.82, 2.24) is 0 Å². The lowest BCUT2D eigenvalue weighted by atomic mass is 9.85. The maximum absolute atomic E-state index is 10.6. The first-order valence-corrected chi connectivity index (χ1v) is 9.05. The summed E-state index contributed by atoms with van der Waals surface area (Å²) >= 11 is 0. The Balaban J connectivity index is 2.05. The van der Waals surface area contributed by atoms with Crippen LogP contribution in [0.1, 0.15) is 70.6 Å². The summed E-state index contributed by atoms with van der Waals surface area (Å²) in [6.07, 6.45) is 17.5. The maximum atomic E-state index is 10.6. The van der Waals surface area contributed by atoms with E-state index in [-0.39, 0.29) is 12.0 Å². The summed E-state index contributed by atoms with van der Waals surface area (Å²) in [5, 5.41) is 19.7. The summed E-state index contributed by atoms with van der Waals surface area (Å²) in [4.78, 5) is 10.6. The van der Waals surface area contributed by atoms with E-state index >= 15 is 0 Å². The molecule has 0 spiro atoms. The number of nitrogens with two attached hydrogens (primary N) is 1. The van der Waals surface area contributed by atoms with Gasteiger partial charge in [-0.1, -0.05) is 56.4 Å². The SMILES string of the molecule is NC(=O)CCCC(O)/C=C\CC/C=C/C(O)CC1CCCCC1. The van der Waals surface area contributed by atoms with Crippen molar-refractivity contribution in [2.45, 2.75) is 82.8 Å². The summed E-state index contributed by atoms with van der Waals surface area (Å²) in [5.41, 5.74) is 5.05. The lowest BCUT2D eigenvalue weighted by Crippen LogP contribution is -2.14. The van der Waals surface area contributed by atoms with Crippen LogP contribution in [0.3, 0.4) is 0 Å². The number of carbonyl (C=O) groups is 1. The topological polar surface area (TPSA) is 83.6 Å². The van der Waals surface area contributed by atoms with Gasteiger partial charge in [-0.15, -0.1) is 0 Å². The number of unbranched alkanes of at least 4 members (excludes halogenated alkanes) is 1. The molecule has 0 heterocycles. The number of amides is 1. The molecule has 0 saturated heterocycles. The fourth-order valence-electron chi connectivity index (χ4n) is 3.12. The standard InChI is InChI=1S/C19H33NO3/c20-19(23)14-8-13-17(21)11-6-1-2-7-12-18(22)15-16-9-4-3-5-10-16/h6-7,11-12,16-18,21-22H,1-5,8-10,13-15H2,(H2,20,23)/b11-6-,12-7+. The van der Waals surface area contributed by atoms with Crippen LogP contribution in [-0.2, 0) is 4.79 Å². The Morgan fingerprint density at radius 3 is 2.26 bits per heavy atom. The van der Waals surface area contributed by atoms with Crippen molar-refractivity contribution in [1.29, 1.82) is 0 Å². The first-order valence-electron chi connectivity index (χ1n) is 9.05. The first kappa shape index (κ1) is 19.9. The van der Waals surface area contributed by atoms with Gasteiger partial charge in [0, 0.05) is 6.42 Å². The minimum atomic E-state index is -0.504. The third kappa shape index (κ3) is 11.1.